The van der Waals surface area contributed by atoms with Crippen molar-refractivity contribution in [2.75, 3.05) is 23.8 Å². The van der Waals surface area contributed by atoms with Gasteiger partial charge in [0, 0.05) is 17.6 Å². The van der Waals surface area contributed by atoms with E-state index in [0.717, 1.165) is 23.9 Å². The van der Waals surface area contributed by atoms with E-state index in [2.05, 4.69) is 16.9 Å². The van der Waals surface area contributed by atoms with Crippen LogP contribution in [0.1, 0.15) is 26.2 Å². The van der Waals surface area contributed by atoms with E-state index in [1.807, 2.05) is 6.07 Å². The van der Waals surface area contributed by atoms with E-state index in [9.17, 15) is 13.2 Å². The highest BCUT2D eigenvalue weighted by Crippen LogP contribution is 2.24. The van der Waals surface area contributed by atoms with Crippen LogP contribution in [-0.4, -0.2) is 59.0 Å². The first-order chi connectivity index (χ1) is 12.4. The van der Waals surface area contributed by atoms with Gasteiger partial charge in [-0.05, 0) is 31.0 Å². The summed E-state index contributed by atoms with van der Waals surface area (Å²) in [4.78, 5) is 22.1. The summed E-state index contributed by atoms with van der Waals surface area (Å²) in [5.74, 6) is 0.443. The molecule has 2 aromatic rings. The third-order valence-corrected chi connectivity index (χ3v) is 7.32. The van der Waals surface area contributed by atoms with Crippen molar-refractivity contribution < 1.29 is 13.2 Å². The number of benzene rings is 1. The molecular formula is C17H22ClN3O3S2. The van der Waals surface area contributed by atoms with Crippen molar-refractivity contribution in [1.82, 2.24) is 14.9 Å². The van der Waals surface area contributed by atoms with Gasteiger partial charge in [-0.25, -0.2) is 13.4 Å². The standard InChI is InChI=1S/C17H22ClN3O3S2/c1-2-3-7-21(13-6-8-26(23,24)11-13)16(22)10-25-17-19-14-5-4-12(18)9-15(14)20-17/h4-5,9,13H,2-3,6-8,10-11H2,1H3,(H,19,20). The molecule has 1 saturated heterocycles. The first kappa shape index (κ1) is 19.5. The van der Waals surface area contributed by atoms with Crippen LogP contribution in [-0.2, 0) is 14.6 Å². The molecule has 1 fully saturated rings. The minimum atomic E-state index is -3.02. The number of thioether (sulfide) groups is 1. The first-order valence-corrected chi connectivity index (χ1v) is 11.8. The van der Waals surface area contributed by atoms with Gasteiger partial charge in [0.15, 0.2) is 15.0 Å². The fourth-order valence-corrected chi connectivity index (χ4v) is 5.77. The summed E-state index contributed by atoms with van der Waals surface area (Å²) in [5.41, 5.74) is 1.63. The van der Waals surface area contributed by atoms with Gasteiger partial charge in [-0.1, -0.05) is 36.7 Å². The highest BCUT2D eigenvalue weighted by Gasteiger charge is 2.34. The summed E-state index contributed by atoms with van der Waals surface area (Å²) < 4.78 is 23.6. The summed E-state index contributed by atoms with van der Waals surface area (Å²) in [6, 6.07) is 5.20. The maximum Gasteiger partial charge on any atom is 0.233 e. The molecule has 9 heteroatoms. The number of fused-ring (bicyclic) bond motifs is 1. The SMILES string of the molecule is CCCCN(C(=O)CSc1nc2ccc(Cl)cc2[nH]1)C1CCS(=O)(=O)C1. The number of unbranched alkanes of at least 4 members (excludes halogenated alkanes) is 1. The van der Waals surface area contributed by atoms with Crippen LogP contribution in [0.25, 0.3) is 11.0 Å². The quantitative estimate of drug-likeness (QED) is 0.702. The molecule has 0 bridgehead atoms. The van der Waals surface area contributed by atoms with Crippen LogP contribution < -0.4 is 0 Å². The lowest BCUT2D eigenvalue weighted by atomic mass is 10.2. The number of H-pyrrole nitrogens is 1. The van der Waals surface area contributed by atoms with Crippen molar-refractivity contribution in [3.63, 3.8) is 0 Å². The van der Waals surface area contributed by atoms with Crippen molar-refractivity contribution in [2.24, 2.45) is 0 Å². The van der Waals surface area contributed by atoms with Crippen molar-refractivity contribution in [3.05, 3.63) is 23.2 Å². The third-order valence-electron chi connectivity index (χ3n) is 4.48. The fourth-order valence-electron chi connectivity index (χ4n) is 3.10. The Kier molecular flexibility index (Phi) is 6.14. The van der Waals surface area contributed by atoms with Gasteiger partial charge >= 0.3 is 0 Å². The van der Waals surface area contributed by atoms with E-state index in [1.165, 1.54) is 11.8 Å². The number of nitrogens with zero attached hydrogens (tertiary/aromatic N) is 2. The van der Waals surface area contributed by atoms with Crippen LogP contribution >= 0.6 is 23.4 Å². The molecule has 0 spiro atoms. The van der Waals surface area contributed by atoms with Crippen molar-refractivity contribution in [2.45, 2.75) is 37.4 Å². The Balaban J connectivity index is 1.66. The third kappa shape index (κ3) is 4.72. The Morgan fingerprint density at radius 1 is 1.46 bits per heavy atom. The van der Waals surface area contributed by atoms with Crippen molar-refractivity contribution in [1.29, 1.82) is 0 Å². The molecule has 6 nitrogen and oxygen atoms in total. The Bertz CT molecular complexity index is 898. The molecule has 1 aliphatic heterocycles. The molecular weight excluding hydrogens is 394 g/mol. The molecule has 1 aromatic heterocycles. The molecule has 142 valence electrons. The number of rotatable bonds is 7. The second-order valence-corrected chi connectivity index (χ2v) is 10.1. The maximum atomic E-state index is 12.7. The van der Waals surface area contributed by atoms with Crippen LogP contribution in [0, 0.1) is 0 Å². The first-order valence-electron chi connectivity index (χ1n) is 8.66. The number of carbonyl (C=O) groups excluding carboxylic acids is 1. The molecule has 1 N–H and O–H groups in total. The van der Waals surface area contributed by atoms with Gasteiger partial charge in [-0.3, -0.25) is 4.79 Å². The number of hydrogen-bond acceptors (Lipinski definition) is 5. The van der Waals surface area contributed by atoms with Crippen molar-refractivity contribution in [3.8, 4) is 0 Å². The number of halogens is 1. The maximum absolute atomic E-state index is 12.7. The lowest BCUT2D eigenvalue weighted by Gasteiger charge is -2.28. The number of amides is 1. The Morgan fingerprint density at radius 2 is 2.27 bits per heavy atom. The van der Waals surface area contributed by atoms with Gasteiger partial charge < -0.3 is 9.88 Å². The number of aromatic amines is 1. The van der Waals surface area contributed by atoms with E-state index in [-0.39, 0.29) is 29.2 Å². The van der Waals surface area contributed by atoms with E-state index in [4.69, 9.17) is 11.6 Å². The summed E-state index contributed by atoms with van der Waals surface area (Å²) >= 11 is 7.31. The molecule has 0 radical (unpaired) electrons. The smallest absolute Gasteiger partial charge is 0.233 e. The predicted octanol–water partition coefficient (Wildman–Crippen LogP) is 3.12. The normalized spacial score (nSPS) is 19.1. The molecule has 1 atom stereocenters. The second-order valence-electron chi connectivity index (χ2n) is 6.49. The Hall–Kier alpha value is -1.25. The number of aromatic nitrogens is 2. The van der Waals surface area contributed by atoms with Crippen LogP contribution in [0.5, 0.6) is 0 Å². The molecule has 26 heavy (non-hydrogen) atoms. The summed E-state index contributed by atoms with van der Waals surface area (Å²) in [6.07, 6.45) is 2.36. The van der Waals surface area contributed by atoms with Gasteiger partial charge in [0.1, 0.15) is 0 Å². The largest absolute Gasteiger partial charge is 0.338 e. The topological polar surface area (TPSA) is 83.1 Å². The van der Waals surface area contributed by atoms with Gasteiger partial charge in [0.05, 0.1) is 28.3 Å². The average Bonchev–Trinajstić information content (AvgIpc) is 3.15. The number of hydrogen-bond donors (Lipinski definition) is 1. The van der Waals surface area contributed by atoms with Crippen LogP contribution in [0.15, 0.2) is 23.4 Å². The van der Waals surface area contributed by atoms with E-state index >= 15 is 0 Å². The summed E-state index contributed by atoms with van der Waals surface area (Å²) in [7, 11) is -3.02. The zero-order valence-corrected chi connectivity index (χ0v) is 17.0. The molecule has 3 rings (SSSR count). The summed E-state index contributed by atoms with van der Waals surface area (Å²) in [6.45, 7) is 2.66. The highest BCUT2D eigenvalue weighted by molar-refractivity contribution is 7.99. The highest BCUT2D eigenvalue weighted by atomic mass is 35.5. The lowest BCUT2D eigenvalue weighted by Crippen LogP contribution is -2.42. The zero-order chi connectivity index (χ0) is 18.7. The molecule has 1 aliphatic rings. The number of imidazole rings is 1. The molecule has 0 aliphatic carbocycles. The number of carbonyl (C=O) groups is 1. The predicted molar refractivity (Wildman–Crippen MR) is 106 cm³/mol. The Labute approximate surface area is 162 Å². The zero-order valence-electron chi connectivity index (χ0n) is 14.6. The number of nitrogens with one attached hydrogen (secondary N) is 1. The Morgan fingerprint density at radius 3 is 2.96 bits per heavy atom. The minimum Gasteiger partial charge on any atom is -0.338 e. The van der Waals surface area contributed by atoms with Gasteiger partial charge in [0.2, 0.25) is 5.91 Å². The monoisotopic (exact) mass is 415 g/mol. The van der Waals surface area contributed by atoms with Crippen LogP contribution in [0.2, 0.25) is 5.02 Å². The van der Waals surface area contributed by atoms with E-state index in [0.29, 0.717) is 23.1 Å². The van der Waals surface area contributed by atoms with Crippen molar-refractivity contribution >= 4 is 50.1 Å². The number of sulfone groups is 1. The van der Waals surface area contributed by atoms with Gasteiger partial charge in [-0.15, -0.1) is 0 Å². The minimum absolute atomic E-state index is 0.0379. The molecule has 2 heterocycles. The summed E-state index contributed by atoms with van der Waals surface area (Å²) in [5, 5.41) is 1.28. The van der Waals surface area contributed by atoms with Gasteiger partial charge in [-0.2, -0.15) is 0 Å². The van der Waals surface area contributed by atoms with E-state index in [1.54, 1.807) is 17.0 Å². The van der Waals surface area contributed by atoms with Gasteiger partial charge in [0.25, 0.3) is 0 Å². The molecule has 0 saturated carbocycles. The molecule has 1 aromatic carbocycles. The molecule has 1 amide bonds. The second kappa shape index (κ2) is 8.19. The van der Waals surface area contributed by atoms with E-state index < -0.39 is 9.84 Å². The van der Waals surface area contributed by atoms with Crippen LogP contribution in [0.4, 0.5) is 0 Å². The fraction of sp³-hybridized carbons (Fsp3) is 0.529. The van der Waals surface area contributed by atoms with Crippen LogP contribution in [0.3, 0.4) is 0 Å². The average molecular weight is 416 g/mol. The molecule has 1 unspecified atom stereocenters. The lowest BCUT2D eigenvalue weighted by molar-refractivity contribution is -0.130.